The molecule has 1 aliphatic carbocycles. The predicted molar refractivity (Wildman–Crippen MR) is 78.5 cm³/mol. The lowest BCUT2D eigenvalue weighted by Crippen LogP contribution is -2.42. The van der Waals surface area contributed by atoms with E-state index in [1.165, 1.54) is 24.8 Å². The molecule has 2 rings (SSSR count). The first-order valence-corrected chi connectivity index (χ1v) is 7.39. The van der Waals surface area contributed by atoms with Gasteiger partial charge in [-0.3, -0.25) is 0 Å². The van der Waals surface area contributed by atoms with Crippen LogP contribution in [-0.4, -0.2) is 6.04 Å². The molecule has 1 aromatic carbocycles. The van der Waals surface area contributed by atoms with E-state index in [0.717, 1.165) is 0 Å². The third-order valence-corrected chi connectivity index (χ3v) is 4.53. The summed E-state index contributed by atoms with van der Waals surface area (Å²) < 4.78 is 12.9. The zero-order chi connectivity index (χ0) is 14.0. The van der Waals surface area contributed by atoms with Gasteiger partial charge in [0.2, 0.25) is 0 Å². The molecule has 0 aliphatic heterocycles. The average Bonchev–Trinajstić information content (AvgIpc) is 2.33. The third-order valence-electron chi connectivity index (χ3n) is 4.53. The molecule has 1 aromatic rings. The zero-order valence-corrected chi connectivity index (χ0v) is 12.5. The molecule has 1 N–H and O–H groups in total. The Kier molecular flexibility index (Phi) is 4.29. The topological polar surface area (TPSA) is 12.0 Å². The molecule has 0 radical (unpaired) electrons. The lowest BCUT2D eigenvalue weighted by atomic mass is 9.70. The molecule has 0 amide bonds. The summed E-state index contributed by atoms with van der Waals surface area (Å²) in [5.74, 6) is 0.537. The van der Waals surface area contributed by atoms with Gasteiger partial charge in [-0.2, -0.15) is 0 Å². The van der Waals surface area contributed by atoms with Crippen LogP contribution in [0.15, 0.2) is 24.3 Å². The van der Waals surface area contributed by atoms with Crippen molar-refractivity contribution in [3.8, 4) is 0 Å². The Hall–Kier alpha value is -0.890. The largest absolute Gasteiger partial charge is 0.307 e. The molecule has 1 nitrogen and oxygen atoms in total. The van der Waals surface area contributed by atoms with E-state index in [1.54, 1.807) is 12.1 Å². The molecule has 1 saturated carbocycles. The summed E-state index contributed by atoms with van der Waals surface area (Å²) in [6.07, 6.45) is 3.80. The van der Waals surface area contributed by atoms with Crippen molar-refractivity contribution in [1.82, 2.24) is 5.32 Å². The van der Waals surface area contributed by atoms with Crippen LogP contribution in [0.1, 0.15) is 58.6 Å². The van der Waals surface area contributed by atoms with Crippen molar-refractivity contribution in [3.63, 3.8) is 0 Å². The normalized spacial score (nSPS) is 28.1. The summed E-state index contributed by atoms with van der Waals surface area (Å²) in [6, 6.07) is 7.71. The summed E-state index contributed by atoms with van der Waals surface area (Å²) in [5.41, 5.74) is 1.65. The Morgan fingerprint density at radius 3 is 2.47 bits per heavy atom. The summed E-state index contributed by atoms with van der Waals surface area (Å²) in [7, 11) is 0. The number of hydrogen-bond acceptors (Lipinski definition) is 1. The van der Waals surface area contributed by atoms with E-state index in [9.17, 15) is 4.39 Å². The smallest absolute Gasteiger partial charge is 0.123 e. The van der Waals surface area contributed by atoms with Crippen molar-refractivity contribution in [2.24, 2.45) is 11.3 Å². The quantitative estimate of drug-likeness (QED) is 0.834. The molecule has 0 spiro atoms. The molecule has 19 heavy (non-hydrogen) atoms. The minimum absolute atomic E-state index is 0.163. The van der Waals surface area contributed by atoms with Gasteiger partial charge in [-0.1, -0.05) is 32.9 Å². The first-order chi connectivity index (χ1) is 8.87. The number of nitrogens with one attached hydrogen (secondary N) is 1. The van der Waals surface area contributed by atoms with Crippen molar-refractivity contribution in [2.45, 2.75) is 59.0 Å². The first-order valence-electron chi connectivity index (χ1n) is 7.39. The Morgan fingerprint density at radius 1 is 1.26 bits per heavy atom. The highest BCUT2D eigenvalue weighted by molar-refractivity contribution is 5.19. The van der Waals surface area contributed by atoms with Crippen LogP contribution in [0.4, 0.5) is 4.39 Å². The van der Waals surface area contributed by atoms with Crippen molar-refractivity contribution < 1.29 is 4.39 Å². The molecule has 106 valence electrons. The van der Waals surface area contributed by atoms with E-state index in [0.29, 0.717) is 17.4 Å². The molecule has 2 unspecified atom stereocenters. The SMILES string of the molecule is CC1CC(C)(C)CCC1N[C@H](C)c1ccc(F)cc1. The van der Waals surface area contributed by atoms with Crippen LogP contribution < -0.4 is 5.32 Å². The third kappa shape index (κ3) is 3.79. The van der Waals surface area contributed by atoms with Crippen molar-refractivity contribution >= 4 is 0 Å². The Labute approximate surface area is 116 Å². The second-order valence-electron chi connectivity index (χ2n) is 6.93. The van der Waals surface area contributed by atoms with Gasteiger partial charge in [-0.05, 0) is 55.2 Å². The Balaban J connectivity index is 1.96. The van der Waals surface area contributed by atoms with Gasteiger partial charge >= 0.3 is 0 Å². The van der Waals surface area contributed by atoms with Gasteiger partial charge in [0.05, 0.1) is 0 Å². The molecule has 0 aromatic heterocycles. The summed E-state index contributed by atoms with van der Waals surface area (Å²) in [6.45, 7) is 9.24. The van der Waals surface area contributed by atoms with Crippen molar-refractivity contribution in [2.75, 3.05) is 0 Å². The fraction of sp³-hybridized carbons (Fsp3) is 0.647. The molecule has 1 aliphatic rings. The van der Waals surface area contributed by atoms with Gasteiger partial charge in [0.25, 0.3) is 0 Å². The highest BCUT2D eigenvalue weighted by Crippen LogP contribution is 2.39. The van der Waals surface area contributed by atoms with Gasteiger partial charge in [0.1, 0.15) is 5.82 Å². The van der Waals surface area contributed by atoms with E-state index in [-0.39, 0.29) is 11.9 Å². The molecule has 2 heteroatoms. The van der Waals surface area contributed by atoms with Gasteiger partial charge in [-0.25, -0.2) is 4.39 Å². The molecule has 3 atom stereocenters. The molecular weight excluding hydrogens is 237 g/mol. The maximum Gasteiger partial charge on any atom is 0.123 e. The minimum Gasteiger partial charge on any atom is -0.307 e. The van der Waals surface area contributed by atoms with Crippen LogP contribution >= 0.6 is 0 Å². The molecule has 0 saturated heterocycles. The Morgan fingerprint density at radius 2 is 1.89 bits per heavy atom. The lowest BCUT2D eigenvalue weighted by molar-refractivity contribution is 0.143. The molecular formula is C17H26FN. The molecule has 0 heterocycles. The first kappa shape index (κ1) is 14.5. The number of rotatable bonds is 3. The van der Waals surface area contributed by atoms with E-state index in [2.05, 4.69) is 33.0 Å². The fourth-order valence-electron chi connectivity index (χ4n) is 3.36. The van der Waals surface area contributed by atoms with Gasteiger partial charge in [0.15, 0.2) is 0 Å². The number of halogens is 1. The van der Waals surface area contributed by atoms with Crippen LogP contribution in [0.2, 0.25) is 0 Å². The highest BCUT2D eigenvalue weighted by Gasteiger charge is 2.32. The average molecular weight is 263 g/mol. The number of hydrogen-bond donors (Lipinski definition) is 1. The second kappa shape index (κ2) is 5.62. The maximum absolute atomic E-state index is 12.9. The molecule has 0 bridgehead atoms. The monoisotopic (exact) mass is 263 g/mol. The van der Waals surface area contributed by atoms with Gasteiger partial charge in [0, 0.05) is 12.1 Å². The van der Waals surface area contributed by atoms with Crippen molar-refractivity contribution in [1.29, 1.82) is 0 Å². The van der Waals surface area contributed by atoms with E-state index >= 15 is 0 Å². The van der Waals surface area contributed by atoms with E-state index < -0.39 is 0 Å². The zero-order valence-electron chi connectivity index (χ0n) is 12.5. The van der Waals surface area contributed by atoms with Crippen molar-refractivity contribution in [3.05, 3.63) is 35.6 Å². The minimum atomic E-state index is -0.163. The van der Waals surface area contributed by atoms with Crippen LogP contribution in [0, 0.1) is 17.2 Å². The van der Waals surface area contributed by atoms with Gasteiger partial charge < -0.3 is 5.32 Å². The van der Waals surface area contributed by atoms with Crippen LogP contribution in [0.25, 0.3) is 0 Å². The number of benzene rings is 1. The summed E-state index contributed by atoms with van der Waals surface area (Å²) >= 11 is 0. The summed E-state index contributed by atoms with van der Waals surface area (Å²) in [4.78, 5) is 0. The standard InChI is InChI=1S/C17H26FN/c1-12-11-17(3,4)10-9-16(12)19-13(2)14-5-7-15(18)8-6-14/h5-8,12-13,16,19H,9-11H2,1-4H3/t12?,13-,16?/m1/s1. The van der Waals surface area contributed by atoms with E-state index in [4.69, 9.17) is 0 Å². The van der Waals surface area contributed by atoms with Crippen LogP contribution in [-0.2, 0) is 0 Å². The maximum atomic E-state index is 12.9. The van der Waals surface area contributed by atoms with E-state index in [1.807, 2.05) is 12.1 Å². The van der Waals surface area contributed by atoms with Crippen LogP contribution in [0.3, 0.4) is 0 Å². The predicted octanol–water partition coefficient (Wildman–Crippen LogP) is 4.69. The fourth-order valence-corrected chi connectivity index (χ4v) is 3.36. The van der Waals surface area contributed by atoms with Crippen LogP contribution in [0.5, 0.6) is 0 Å². The summed E-state index contributed by atoms with van der Waals surface area (Å²) in [5, 5.41) is 3.72. The highest BCUT2D eigenvalue weighted by atomic mass is 19.1. The van der Waals surface area contributed by atoms with Gasteiger partial charge in [-0.15, -0.1) is 0 Å². The second-order valence-corrected chi connectivity index (χ2v) is 6.93. The lowest BCUT2D eigenvalue weighted by Gasteiger charge is -2.40. The Bertz CT molecular complexity index is 410. The molecule has 1 fully saturated rings.